The molecular formula is C27H32N2O8. The first kappa shape index (κ1) is 29.1. The van der Waals surface area contributed by atoms with Gasteiger partial charge in [0.15, 0.2) is 0 Å². The normalized spacial score (nSPS) is 20.8. The van der Waals surface area contributed by atoms with Gasteiger partial charge in [0, 0.05) is 18.7 Å². The van der Waals surface area contributed by atoms with Crippen LogP contribution < -0.4 is 10.8 Å². The molecule has 2 rings (SSSR count). The Hall–Kier alpha value is -4.11. The van der Waals surface area contributed by atoms with Gasteiger partial charge in [-0.15, -0.1) is 0 Å². The van der Waals surface area contributed by atoms with Gasteiger partial charge in [-0.05, 0) is 43.5 Å². The first-order valence-electron chi connectivity index (χ1n) is 11.6. The minimum Gasteiger partial charge on any atom is -0.507 e. The summed E-state index contributed by atoms with van der Waals surface area (Å²) in [6, 6.07) is 4.64. The van der Waals surface area contributed by atoms with Gasteiger partial charge in [-0.1, -0.05) is 36.1 Å². The van der Waals surface area contributed by atoms with Crippen molar-refractivity contribution in [2.45, 2.75) is 51.4 Å². The zero-order valence-electron chi connectivity index (χ0n) is 21.0. The lowest BCUT2D eigenvalue weighted by atomic mass is 10.0. The molecule has 0 fully saturated rings. The first-order chi connectivity index (χ1) is 17.7. The smallest absolute Gasteiger partial charge is 0.342 e. The second-order valence-corrected chi connectivity index (χ2v) is 8.14. The highest BCUT2D eigenvalue weighted by Crippen LogP contribution is 2.25. The van der Waals surface area contributed by atoms with Gasteiger partial charge >= 0.3 is 11.9 Å². The van der Waals surface area contributed by atoms with Gasteiger partial charge in [0.2, 0.25) is 0 Å². The van der Waals surface area contributed by atoms with E-state index in [2.05, 4.69) is 21.4 Å². The molecule has 0 spiro atoms. The topological polar surface area (TPSA) is 143 Å². The second kappa shape index (κ2) is 15.1. The molecule has 3 unspecified atom stereocenters. The minimum absolute atomic E-state index is 0.0305. The van der Waals surface area contributed by atoms with Crippen LogP contribution in [0.25, 0.3) is 0 Å². The fraction of sp³-hybridized carbons (Fsp3) is 0.333. The lowest BCUT2D eigenvalue weighted by Gasteiger charge is -2.18. The lowest BCUT2D eigenvalue weighted by Crippen LogP contribution is -2.25. The van der Waals surface area contributed by atoms with Crippen LogP contribution in [0, 0.1) is 0 Å². The Morgan fingerprint density at radius 2 is 2.05 bits per heavy atom. The number of nitrogens with one attached hydrogen (secondary N) is 2. The summed E-state index contributed by atoms with van der Waals surface area (Å²) in [5.41, 5.74) is 6.03. The van der Waals surface area contributed by atoms with E-state index in [1.54, 1.807) is 38.1 Å². The van der Waals surface area contributed by atoms with E-state index >= 15 is 0 Å². The van der Waals surface area contributed by atoms with E-state index in [9.17, 15) is 24.6 Å². The summed E-state index contributed by atoms with van der Waals surface area (Å²) in [4.78, 5) is 41.9. The number of aromatic hydroxyl groups is 1. The molecule has 0 bridgehead atoms. The molecule has 1 aliphatic heterocycles. The van der Waals surface area contributed by atoms with Crippen molar-refractivity contribution in [3.8, 4) is 5.75 Å². The van der Waals surface area contributed by atoms with Crippen LogP contribution in [-0.2, 0) is 30.3 Å². The van der Waals surface area contributed by atoms with Crippen LogP contribution in [0.1, 0.15) is 42.6 Å². The Kier molecular flexibility index (Phi) is 11.9. The molecule has 4 N–H and O–H groups in total. The molecule has 1 amide bonds. The number of phenolic OH excluding ortho intramolecular Hbond substituents is 1. The molecular weight excluding hydrogens is 480 g/mol. The third-order valence-corrected chi connectivity index (χ3v) is 5.21. The molecule has 1 aromatic carbocycles. The second-order valence-electron chi connectivity index (χ2n) is 8.14. The summed E-state index contributed by atoms with van der Waals surface area (Å²) < 4.78 is 10.9. The van der Waals surface area contributed by atoms with E-state index in [0.717, 1.165) is 6.08 Å². The summed E-state index contributed by atoms with van der Waals surface area (Å²) in [7, 11) is 1.41. The van der Waals surface area contributed by atoms with Crippen molar-refractivity contribution in [1.82, 2.24) is 10.8 Å². The number of hydrogen-bond acceptors (Lipinski definition) is 9. The van der Waals surface area contributed by atoms with Gasteiger partial charge in [0.25, 0.3) is 5.91 Å². The number of phenols is 1. The molecule has 37 heavy (non-hydrogen) atoms. The number of amides is 1. The quantitative estimate of drug-likeness (QED) is 0.149. The van der Waals surface area contributed by atoms with E-state index in [-0.39, 0.29) is 30.6 Å². The average molecular weight is 513 g/mol. The van der Waals surface area contributed by atoms with Crippen LogP contribution in [0.2, 0.25) is 0 Å². The molecule has 1 aromatic rings. The number of hydroxylamine groups is 1. The fourth-order valence-corrected chi connectivity index (χ4v) is 3.27. The largest absolute Gasteiger partial charge is 0.507 e. The van der Waals surface area contributed by atoms with E-state index in [0.29, 0.717) is 11.1 Å². The van der Waals surface area contributed by atoms with Gasteiger partial charge in [0.05, 0.1) is 25.8 Å². The molecule has 0 saturated carbocycles. The molecule has 0 aromatic heterocycles. The zero-order valence-corrected chi connectivity index (χ0v) is 21.0. The number of cyclic esters (lactones) is 2. The number of carbonyl (C=O) groups excluding carboxylic acids is 3. The van der Waals surface area contributed by atoms with Crippen molar-refractivity contribution < 1.29 is 38.9 Å². The number of aliphatic hydroxyl groups excluding tert-OH is 1. The Morgan fingerprint density at radius 1 is 1.27 bits per heavy atom. The molecule has 0 radical (unpaired) electrons. The third-order valence-electron chi connectivity index (χ3n) is 5.21. The molecule has 1 aliphatic rings. The fourth-order valence-electron chi connectivity index (χ4n) is 3.27. The van der Waals surface area contributed by atoms with Crippen molar-refractivity contribution >= 4 is 17.8 Å². The van der Waals surface area contributed by atoms with Crippen LogP contribution in [0.15, 0.2) is 72.3 Å². The van der Waals surface area contributed by atoms with Crippen molar-refractivity contribution in [1.29, 1.82) is 0 Å². The van der Waals surface area contributed by atoms with Crippen LogP contribution >= 0.6 is 0 Å². The zero-order chi connectivity index (χ0) is 27.2. The lowest BCUT2D eigenvalue weighted by molar-refractivity contribution is -0.148. The summed E-state index contributed by atoms with van der Waals surface area (Å²) >= 11 is 0. The van der Waals surface area contributed by atoms with Crippen molar-refractivity contribution in [2.75, 3.05) is 7.11 Å². The van der Waals surface area contributed by atoms with E-state index in [1.165, 1.54) is 37.7 Å². The number of ether oxygens (including phenoxy) is 2. The molecule has 10 heteroatoms. The van der Waals surface area contributed by atoms with Crippen molar-refractivity contribution in [3.05, 3.63) is 83.4 Å². The third kappa shape index (κ3) is 10.2. The Morgan fingerprint density at radius 3 is 2.81 bits per heavy atom. The highest BCUT2D eigenvalue weighted by molar-refractivity contribution is 5.94. The Bertz CT molecular complexity index is 1120. The van der Waals surface area contributed by atoms with E-state index < -0.39 is 36.2 Å². The number of hydrogen-bond donors (Lipinski definition) is 4. The van der Waals surface area contributed by atoms with Crippen molar-refractivity contribution in [3.63, 3.8) is 0 Å². The molecule has 10 nitrogen and oxygen atoms in total. The molecule has 198 valence electrons. The van der Waals surface area contributed by atoms with Crippen LogP contribution in [0.3, 0.4) is 0 Å². The Balaban J connectivity index is 2.26. The Labute approximate surface area is 215 Å². The highest BCUT2D eigenvalue weighted by atomic mass is 16.6. The molecule has 0 saturated heterocycles. The maximum Gasteiger partial charge on any atom is 0.342 e. The van der Waals surface area contributed by atoms with E-state index in [1.807, 2.05) is 0 Å². The predicted octanol–water partition coefficient (Wildman–Crippen LogP) is 2.50. The molecule has 1 heterocycles. The van der Waals surface area contributed by atoms with Crippen LogP contribution in [-0.4, -0.2) is 53.5 Å². The predicted molar refractivity (Wildman–Crippen MR) is 135 cm³/mol. The van der Waals surface area contributed by atoms with Crippen molar-refractivity contribution in [2.24, 2.45) is 0 Å². The number of rotatable bonds is 6. The van der Waals surface area contributed by atoms with Gasteiger partial charge in [-0.25, -0.2) is 4.79 Å². The standard InChI is InChI=1S/C27H32N2O8/c1-18-11-13-20-7-4-9-23(31)26(20)27(34)37-21(17-25(33)36-19(2)12-14-22(18)30)8-5-15-28-24(32)10-6-16-29-35-3/h4-5,7,9-12,14-16,19,21-22,29-31H,8,13,17H2,1-3H3,(H,28,32). The maximum absolute atomic E-state index is 13.1. The number of benzene rings is 1. The average Bonchev–Trinajstić information content (AvgIpc) is 2.85. The SMILES string of the molecule is CONC=C=CC(=O)NC=CCC1CC(=O)OC(C)C=CC(O)C(C)=CCc2cccc(O)c2C(=O)O1. The van der Waals surface area contributed by atoms with Crippen LogP contribution in [0.4, 0.5) is 0 Å². The van der Waals surface area contributed by atoms with E-state index in [4.69, 9.17) is 9.47 Å². The number of esters is 2. The van der Waals surface area contributed by atoms with Gasteiger partial charge in [-0.2, -0.15) is 0 Å². The highest BCUT2D eigenvalue weighted by Gasteiger charge is 2.24. The van der Waals surface area contributed by atoms with Crippen LogP contribution in [0.5, 0.6) is 5.75 Å². The van der Waals surface area contributed by atoms with Gasteiger partial charge in [-0.3, -0.25) is 19.9 Å². The summed E-state index contributed by atoms with van der Waals surface area (Å²) in [5, 5.41) is 23.2. The minimum atomic E-state index is -0.939. The summed E-state index contributed by atoms with van der Waals surface area (Å²) in [6.45, 7) is 3.38. The number of aliphatic hydroxyl groups is 1. The van der Waals surface area contributed by atoms with Gasteiger partial charge in [0.1, 0.15) is 23.5 Å². The number of allylic oxidation sites excluding steroid dienone is 1. The molecule has 0 aliphatic carbocycles. The first-order valence-corrected chi connectivity index (χ1v) is 11.6. The number of carbonyl (C=O) groups is 3. The van der Waals surface area contributed by atoms with Gasteiger partial charge < -0.3 is 25.0 Å². The monoisotopic (exact) mass is 512 g/mol. The maximum atomic E-state index is 13.1. The number of fused-ring (bicyclic) bond motifs is 1. The summed E-state index contributed by atoms with van der Waals surface area (Å²) in [5.74, 6) is -2.16. The summed E-state index contributed by atoms with van der Waals surface area (Å²) in [6.07, 6.45) is 7.75. The molecule has 3 atom stereocenters.